The normalized spacial score (nSPS) is 17.0. The molecule has 0 saturated carbocycles. The van der Waals surface area contributed by atoms with Crippen LogP contribution in [0.25, 0.3) is 0 Å². The zero-order chi connectivity index (χ0) is 17.1. The smallest absolute Gasteiger partial charge is 0.229 e. The lowest BCUT2D eigenvalue weighted by atomic mass is 10.1. The van der Waals surface area contributed by atoms with Gasteiger partial charge in [-0.1, -0.05) is 6.07 Å². The van der Waals surface area contributed by atoms with Crippen molar-refractivity contribution in [3.05, 3.63) is 48.3 Å². The van der Waals surface area contributed by atoms with Crippen molar-refractivity contribution in [3.63, 3.8) is 0 Å². The van der Waals surface area contributed by atoms with Crippen LogP contribution < -0.4 is 15.0 Å². The predicted octanol–water partition coefficient (Wildman–Crippen LogP) is 2.39. The molecule has 3 rings (SSSR count). The van der Waals surface area contributed by atoms with Crippen molar-refractivity contribution in [2.75, 3.05) is 23.9 Å². The van der Waals surface area contributed by atoms with Gasteiger partial charge in [-0.25, -0.2) is 0 Å². The molecular weight excluding hydrogens is 306 g/mol. The van der Waals surface area contributed by atoms with Crippen LogP contribution in [0.2, 0.25) is 0 Å². The number of nitrogens with one attached hydrogen (secondary N) is 1. The number of aromatic nitrogens is 1. The van der Waals surface area contributed by atoms with Crippen LogP contribution >= 0.6 is 0 Å². The summed E-state index contributed by atoms with van der Waals surface area (Å²) in [5, 5.41) is 2.83. The number of rotatable bonds is 4. The van der Waals surface area contributed by atoms with Gasteiger partial charge in [0, 0.05) is 31.0 Å². The summed E-state index contributed by atoms with van der Waals surface area (Å²) in [6.07, 6.45) is 3.41. The standard InChI is InChI=1S/C18H19N3O3/c1-12-3-4-16(24-2)15(9-12)21-11-13(10-17(21)22)18(23)20-14-5-7-19-8-6-14/h3-9,13H,10-11H2,1-2H3,(H,19,20,23)/t13-/m0/s1. The van der Waals surface area contributed by atoms with E-state index in [0.29, 0.717) is 23.7 Å². The van der Waals surface area contributed by atoms with Crippen LogP contribution in [-0.4, -0.2) is 30.5 Å². The lowest BCUT2D eigenvalue weighted by Gasteiger charge is -2.20. The predicted molar refractivity (Wildman–Crippen MR) is 91.1 cm³/mol. The fourth-order valence-electron chi connectivity index (χ4n) is 2.81. The van der Waals surface area contributed by atoms with E-state index in [0.717, 1.165) is 5.56 Å². The number of amides is 2. The molecule has 0 spiro atoms. The summed E-state index contributed by atoms with van der Waals surface area (Å²) in [7, 11) is 1.57. The summed E-state index contributed by atoms with van der Waals surface area (Å²) in [6, 6.07) is 9.10. The largest absolute Gasteiger partial charge is 0.495 e. The van der Waals surface area contributed by atoms with E-state index in [2.05, 4.69) is 10.3 Å². The highest BCUT2D eigenvalue weighted by Gasteiger charge is 2.36. The van der Waals surface area contributed by atoms with Crippen molar-refractivity contribution >= 4 is 23.2 Å². The van der Waals surface area contributed by atoms with Gasteiger partial charge >= 0.3 is 0 Å². The van der Waals surface area contributed by atoms with Crippen LogP contribution in [0.1, 0.15) is 12.0 Å². The highest BCUT2D eigenvalue weighted by atomic mass is 16.5. The Morgan fingerprint density at radius 2 is 2.04 bits per heavy atom. The molecule has 0 unspecified atom stereocenters. The molecule has 1 saturated heterocycles. The maximum atomic E-state index is 12.4. The van der Waals surface area contributed by atoms with Crippen molar-refractivity contribution in [1.29, 1.82) is 0 Å². The van der Waals surface area contributed by atoms with Gasteiger partial charge in [-0.15, -0.1) is 0 Å². The Kier molecular flexibility index (Phi) is 4.46. The molecule has 6 nitrogen and oxygen atoms in total. The zero-order valence-electron chi connectivity index (χ0n) is 13.7. The first-order valence-electron chi connectivity index (χ1n) is 7.74. The average molecular weight is 325 g/mol. The Balaban J connectivity index is 1.76. The molecule has 124 valence electrons. The van der Waals surface area contributed by atoms with Gasteiger partial charge in [0.25, 0.3) is 0 Å². The highest BCUT2D eigenvalue weighted by molar-refractivity contribution is 6.04. The molecule has 0 aliphatic carbocycles. The van der Waals surface area contributed by atoms with Crippen LogP contribution in [0, 0.1) is 12.8 Å². The van der Waals surface area contributed by atoms with E-state index in [1.165, 1.54) is 0 Å². The number of benzene rings is 1. The molecule has 0 bridgehead atoms. The molecule has 1 fully saturated rings. The Morgan fingerprint density at radius 1 is 1.29 bits per heavy atom. The monoisotopic (exact) mass is 325 g/mol. The Bertz CT molecular complexity index is 761. The molecule has 6 heteroatoms. The maximum absolute atomic E-state index is 12.4. The summed E-state index contributed by atoms with van der Waals surface area (Å²) in [5.41, 5.74) is 2.42. The number of carbonyl (C=O) groups excluding carboxylic acids is 2. The Hall–Kier alpha value is -2.89. The summed E-state index contributed by atoms with van der Waals surface area (Å²) >= 11 is 0. The van der Waals surface area contributed by atoms with Crippen LogP contribution in [0.5, 0.6) is 5.75 Å². The van der Waals surface area contributed by atoms with Crippen LogP contribution in [0.4, 0.5) is 11.4 Å². The number of ether oxygens (including phenoxy) is 1. The van der Waals surface area contributed by atoms with Crippen molar-refractivity contribution in [2.24, 2.45) is 5.92 Å². The van der Waals surface area contributed by atoms with Gasteiger partial charge in [-0.2, -0.15) is 0 Å². The number of pyridine rings is 1. The average Bonchev–Trinajstić information content (AvgIpc) is 2.97. The molecule has 1 atom stereocenters. The zero-order valence-corrected chi connectivity index (χ0v) is 13.7. The first-order valence-corrected chi connectivity index (χ1v) is 7.74. The molecule has 2 heterocycles. The van der Waals surface area contributed by atoms with Crippen molar-refractivity contribution < 1.29 is 14.3 Å². The summed E-state index contributed by atoms with van der Waals surface area (Å²) in [4.78, 5) is 30.4. The molecule has 2 amide bonds. The molecular formula is C18H19N3O3. The minimum atomic E-state index is -0.393. The van der Waals surface area contributed by atoms with Gasteiger partial charge in [0.15, 0.2) is 0 Å². The molecule has 2 aromatic rings. The second kappa shape index (κ2) is 6.70. The lowest BCUT2D eigenvalue weighted by Crippen LogP contribution is -2.28. The molecule has 1 aliphatic heterocycles. The highest BCUT2D eigenvalue weighted by Crippen LogP contribution is 2.34. The third kappa shape index (κ3) is 3.22. The van der Waals surface area contributed by atoms with E-state index in [4.69, 9.17) is 4.74 Å². The number of carbonyl (C=O) groups is 2. The number of hydrogen-bond acceptors (Lipinski definition) is 4. The van der Waals surface area contributed by atoms with E-state index in [9.17, 15) is 9.59 Å². The van der Waals surface area contributed by atoms with Gasteiger partial charge in [-0.05, 0) is 36.8 Å². The lowest BCUT2D eigenvalue weighted by molar-refractivity contribution is -0.122. The fourth-order valence-corrected chi connectivity index (χ4v) is 2.81. The summed E-state index contributed by atoms with van der Waals surface area (Å²) in [6.45, 7) is 2.30. The van der Waals surface area contributed by atoms with E-state index < -0.39 is 5.92 Å². The Labute approximate surface area is 140 Å². The van der Waals surface area contributed by atoms with Gasteiger partial charge in [0.1, 0.15) is 5.75 Å². The summed E-state index contributed by atoms with van der Waals surface area (Å²) < 4.78 is 5.35. The first-order chi connectivity index (χ1) is 11.6. The van der Waals surface area contributed by atoms with Crippen LogP contribution in [0.15, 0.2) is 42.7 Å². The molecule has 24 heavy (non-hydrogen) atoms. The first kappa shape index (κ1) is 16.0. The van der Waals surface area contributed by atoms with E-state index in [1.807, 2.05) is 25.1 Å². The number of hydrogen-bond donors (Lipinski definition) is 1. The maximum Gasteiger partial charge on any atom is 0.229 e. The topological polar surface area (TPSA) is 71.5 Å². The summed E-state index contributed by atoms with van der Waals surface area (Å²) in [5.74, 6) is -0.00234. The Morgan fingerprint density at radius 3 is 2.75 bits per heavy atom. The molecule has 1 aliphatic rings. The number of methoxy groups -OCH3 is 1. The second-order valence-electron chi connectivity index (χ2n) is 5.81. The molecule has 0 radical (unpaired) electrons. The van der Waals surface area contributed by atoms with E-state index in [1.54, 1.807) is 36.5 Å². The van der Waals surface area contributed by atoms with Crippen molar-refractivity contribution in [3.8, 4) is 5.75 Å². The third-order valence-electron chi connectivity index (χ3n) is 4.07. The van der Waals surface area contributed by atoms with Gasteiger partial charge in [-0.3, -0.25) is 14.6 Å². The molecule has 1 aromatic heterocycles. The van der Waals surface area contributed by atoms with E-state index in [-0.39, 0.29) is 18.2 Å². The van der Waals surface area contributed by atoms with E-state index >= 15 is 0 Å². The minimum Gasteiger partial charge on any atom is -0.495 e. The van der Waals surface area contributed by atoms with Crippen molar-refractivity contribution in [2.45, 2.75) is 13.3 Å². The van der Waals surface area contributed by atoms with Crippen LogP contribution in [-0.2, 0) is 9.59 Å². The van der Waals surface area contributed by atoms with Gasteiger partial charge in [0.05, 0.1) is 18.7 Å². The van der Waals surface area contributed by atoms with Gasteiger partial charge in [0.2, 0.25) is 11.8 Å². The second-order valence-corrected chi connectivity index (χ2v) is 5.81. The minimum absolute atomic E-state index is 0.0752. The number of nitrogens with zero attached hydrogens (tertiary/aromatic N) is 2. The van der Waals surface area contributed by atoms with Crippen molar-refractivity contribution in [1.82, 2.24) is 4.98 Å². The molecule has 1 N–H and O–H groups in total. The number of aryl methyl sites for hydroxylation is 1. The SMILES string of the molecule is COc1ccc(C)cc1N1C[C@@H](C(=O)Nc2ccncc2)CC1=O. The number of anilines is 2. The quantitative estimate of drug-likeness (QED) is 0.937. The molecule has 1 aromatic carbocycles. The van der Waals surface area contributed by atoms with Gasteiger partial charge < -0.3 is 15.0 Å². The fraction of sp³-hybridized carbons (Fsp3) is 0.278. The van der Waals surface area contributed by atoms with Crippen LogP contribution in [0.3, 0.4) is 0 Å². The third-order valence-corrected chi connectivity index (χ3v) is 4.07.